The Hall–Kier alpha value is -3.12. The minimum absolute atomic E-state index is 0.0330. The summed E-state index contributed by atoms with van der Waals surface area (Å²) >= 11 is 5.82. The molecule has 0 aliphatic heterocycles. The van der Waals surface area contributed by atoms with Gasteiger partial charge in [-0.2, -0.15) is 0 Å². The molecule has 0 saturated carbocycles. The second-order valence-corrected chi connectivity index (χ2v) is 5.86. The highest BCUT2D eigenvalue weighted by Gasteiger charge is 2.12. The smallest absolute Gasteiger partial charge is 0.287 e. The lowest BCUT2D eigenvalue weighted by atomic mass is 10.2. The van der Waals surface area contributed by atoms with E-state index in [1.807, 2.05) is 0 Å². The number of amides is 1. The van der Waals surface area contributed by atoms with Gasteiger partial charge in [-0.1, -0.05) is 23.7 Å². The van der Waals surface area contributed by atoms with Crippen molar-refractivity contribution in [2.75, 3.05) is 0 Å². The Bertz CT molecular complexity index is 940. The van der Waals surface area contributed by atoms with Crippen LogP contribution in [0.25, 0.3) is 0 Å². The normalized spacial score (nSPS) is 10.3. The summed E-state index contributed by atoms with van der Waals surface area (Å²) in [4.78, 5) is 28.1. The van der Waals surface area contributed by atoms with Crippen molar-refractivity contribution in [1.82, 2.24) is 10.3 Å². The van der Waals surface area contributed by atoms with E-state index in [1.165, 1.54) is 0 Å². The maximum atomic E-state index is 12.1. The van der Waals surface area contributed by atoms with Gasteiger partial charge in [0.2, 0.25) is 11.2 Å². The second kappa shape index (κ2) is 8.31. The first kappa shape index (κ1) is 17.7. The molecule has 0 aliphatic carbocycles. The van der Waals surface area contributed by atoms with Gasteiger partial charge in [0.1, 0.15) is 12.9 Å². The molecule has 2 aromatic heterocycles. The van der Waals surface area contributed by atoms with Crippen molar-refractivity contribution >= 4 is 17.5 Å². The summed E-state index contributed by atoms with van der Waals surface area (Å²) in [6.07, 6.45) is 4.41. The van der Waals surface area contributed by atoms with Gasteiger partial charge in [0.25, 0.3) is 5.91 Å². The molecule has 26 heavy (non-hydrogen) atoms. The van der Waals surface area contributed by atoms with Crippen LogP contribution in [0, 0.1) is 0 Å². The molecule has 6 nitrogen and oxygen atoms in total. The molecule has 0 aliphatic rings. The maximum absolute atomic E-state index is 12.1. The van der Waals surface area contributed by atoms with E-state index in [0.29, 0.717) is 11.6 Å². The Kier molecular flexibility index (Phi) is 5.66. The van der Waals surface area contributed by atoms with Crippen LogP contribution in [-0.2, 0) is 13.2 Å². The van der Waals surface area contributed by atoms with Gasteiger partial charge >= 0.3 is 0 Å². The lowest BCUT2D eigenvalue weighted by Gasteiger charge is -2.07. The van der Waals surface area contributed by atoms with Crippen molar-refractivity contribution in [2.24, 2.45) is 0 Å². The van der Waals surface area contributed by atoms with E-state index in [9.17, 15) is 9.59 Å². The van der Waals surface area contributed by atoms with E-state index in [0.717, 1.165) is 23.5 Å². The van der Waals surface area contributed by atoms with E-state index >= 15 is 0 Å². The summed E-state index contributed by atoms with van der Waals surface area (Å²) in [6.45, 7) is 0.495. The molecule has 0 fully saturated rings. The fourth-order valence-electron chi connectivity index (χ4n) is 2.14. The monoisotopic (exact) mass is 370 g/mol. The van der Waals surface area contributed by atoms with E-state index in [4.69, 9.17) is 20.8 Å². The second-order valence-electron chi connectivity index (χ2n) is 5.43. The molecular formula is C19H15ClN2O4. The Labute approximate surface area is 154 Å². The molecule has 1 aromatic carbocycles. The van der Waals surface area contributed by atoms with E-state index in [-0.39, 0.29) is 18.1 Å². The van der Waals surface area contributed by atoms with Gasteiger partial charge in [0, 0.05) is 30.0 Å². The summed E-state index contributed by atoms with van der Waals surface area (Å²) in [5, 5.41) is 3.29. The van der Waals surface area contributed by atoms with Crippen molar-refractivity contribution < 1.29 is 13.9 Å². The number of benzene rings is 1. The predicted molar refractivity (Wildman–Crippen MR) is 96.2 cm³/mol. The molecule has 0 radical (unpaired) electrons. The number of ether oxygens (including phenoxy) is 1. The maximum Gasteiger partial charge on any atom is 0.287 e. The molecule has 1 amide bonds. The first-order valence-corrected chi connectivity index (χ1v) is 8.17. The van der Waals surface area contributed by atoms with Crippen LogP contribution in [0.2, 0.25) is 5.02 Å². The molecule has 3 aromatic rings. The molecule has 3 rings (SSSR count). The Balaban J connectivity index is 1.60. The largest absolute Gasteiger partial charge is 0.482 e. The third-order valence-corrected chi connectivity index (χ3v) is 3.78. The van der Waals surface area contributed by atoms with Crippen LogP contribution in [0.4, 0.5) is 0 Å². The highest BCUT2D eigenvalue weighted by Crippen LogP contribution is 2.12. The molecule has 0 spiro atoms. The number of pyridine rings is 1. The van der Waals surface area contributed by atoms with Gasteiger partial charge in [-0.3, -0.25) is 14.6 Å². The summed E-state index contributed by atoms with van der Waals surface area (Å²) in [5.74, 6) is -0.531. The van der Waals surface area contributed by atoms with Crippen molar-refractivity contribution in [3.8, 4) is 5.75 Å². The van der Waals surface area contributed by atoms with Crippen LogP contribution in [0.15, 0.2) is 70.3 Å². The Morgan fingerprint density at radius 2 is 1.85 bits per heavy atom. The fraction of sp³-hybridized carbons (Fsp3) is 0.105. The average Bonchev–Trinajstić information content (AvgIpc) is 2.67. The summed E-state index contributed by atoms with van der Waals surface area (Å²) in [5.41, 5.74) is 1.31. The van der Waals surface area contributed by atoms with Gasteiger partial charge < -0.3 is 14.5 Å². The van der Waals surface area contributed by atoms with Crippen molar-refractivity contribution in [1.29, 1.82) is 0 Å². The van der Waals surface area contributed by atoms with Crippen LogP contribution in [0.5, 0.6) is 5.75 Å². The van der Waals surface area contributed by atoms with Crippen LogP contribution < -0.4 is 15.5 Å². The Morgan fingerprint density at radius 3 is 2.54 bits per heavy atom. The zero-order valence-corrected chi connectivity index (χ0v) is 14.4. The number of carbonyl (C=O) groups is 1. The Morgan fingerprint density at radius 1 is 1.12 bits per heavy atom. The quantitative estimate of drug-likeness (QED) is 0.720. The molecule has 0 saturated heterocycles. The lowest BCUT2D eigenvalue weighted by Crippen LogP contribution is -2.24. The average molecular weight is 371 g/mol. The fourth-order valence-corrected chi connectivity index (χ4v) is 2.26. The predicted octanol–water partition coefficient (Wildman–Crippen LogP) is 3.20. The molecule has 1 N–H and O–H groups in total. The van der Waals surface area contributed by atoms with Crippen LogP contribution >= 0.6 is 11.6 Å². The topological polar surface area (TPSA) is 81.4 Å². The van der Waals surface area contributed by atoms with Gasteiger partial charge in [0.05, 0.1) is 0 Å². The molecule has 0 atom stereocenters. The van der Waals surface area contributed by atoms with Crippen molar-refractivity contribution in [3.05, 3.63) is 93.3 Å². The van der Waals surface area contributed by atoms with Crippen LogP contribution in [-0.4, -0.2) is 10.9 Å². The lowest BCUT2D eigenvalue weighted by molar-refractivity contribution is 0.0919. The molecule has 7 heteroatoms. The van der Waals surface area contributed by atoms with E-state index in [1.54, 1.807) is 48.8 Å². The number of hydrogen-bond acceptors (Lipinski definition) is 5. The third kappa shape index (κ3) is 4.70. The van der Waals surface area contributed by atoms with Crippen molar-refractivity contribution in [3.63, 3.8) is 0 Å². The minimum Gasteiger partial charge on any atom is -0.482 e. The van der Waals surface area contributed by atoms with E-state index in [2.05, 4.69) is 10.3 Å². The van der Waals surface area contributed by atoms with E-state index < -0.39 is 11.3 Å². The minimum atomic E-state index is -0.483. The zero-order chi connectivity index (χ0) is 18.4. The summed E-state index contributed by atoms with van der Waals surface area (Å²) in [6, 6.07) is 11.7. The SMILES string of the molecule is O=C(NCc1ccncc1)c1cc(=O)c(OCc2ccc(Cl)cc2)co1. The molecular weight excluding hydrogens is 356 g/mol. The number of nitrogens with zero attached hydrogens (tertiary/aromatic N) is 1. The van der Waals surface area contributed by atoms with Gasteiger partial charge in [-0.25, -0.2) is 0 Å². The first-order chi connectivity index (χ1) is 12.6. The first-order valence-electron chi connectivity index (χ1n) is 7.79. The van der Waals surface area contributed by atoms with Crippen LogP contribution in [0.3, 0.4) is 0 Å². The summed E-state index contributed by atoms with van der Waals surface area (Å²) < 4.78 is 10.7. The number of hydrogen-bond donors (Lipinski definition) is 1. The number of rotatable bonds is 6. The number of carbonyl (C=O) groups excluding carboxylic acids is 1. The van der Waals surface area contributed by atoms with Gasteiger partial charge in [-0.15, -0.1) is 0 Å². The summed E-state index contributed by atoms with van der Waals surface area (Å²) in [7, 11) is 0. The highest BCUT2D eigenvalue weighted by atomic mass is 35.5. The molecule has 0 bridgehead atoms. The van der Waals surface area contributed by atoms with Crippen LogP contribution in [0.1, 0.15) is 21.7 Å². The highest BCUT2D eigenvalue weighted by molar-refractivity contribution is 6.30. The van der Waals surface area contributed by atoms with Gasteiger partial charge in [-0.05, 0) is 35.4 Å². The number of aromatic nitrogens is 1. The number of nitrogens with one attached hydrogen (secondary N) is 1. The molecule has 132 valence electrons. The third-order valence-electron chi connectivity index (χ3n) is 3.53. The molecule has 2 heterocycles. The standard InChI is InChI=1S/C19H15ClN2O4/c20-15-3-1-14(2-4-15)11-25-18-12-26-17(9-16(18)23)19(24)22-10-13-5-7-21-8-6-13/h1-9,12H,10-11H2,(H,22,24). The molecule has 0 unspecified atom stereocenters. The number of halogens is 1. The zero-order valence-electron chi connectivity index (χ0n) is 13.6. The van der Waals surface area contributed by atoms with Gasteiger partial charge in [0.15, 0.2) is 5.76 Å². The van der Waals surface area contributed by atoms with Crippen molar-refractivity contribution in [2.45, 2.75) is 13.2 Å².